The van der Waals surface area contributed by atoms with Crippen LogP contribution in [0.4, 0.5) is 5.82 Å². The van der Waals surface area contributed by atoms with E-state index in [4.69, 9.17) is 10.5 Å². The number of nitrogens with one attached hydrogen (secondary N) is 2. The van der Waals surface area contributed by atoms with Crippen LogP contribution in [-0.4, -0.2) is 29.8 Å². The number of nitrogen functional groups attached to an aromatic ring is 1. The monoisotopic (exact) mass is 337 g/mol. The highest BCUT2D eigenvalue weighted by atomic mass is 32.2. The lowest BCUT2D eigenvalue weighted by Gasteiger charge is -2.20. The third-order valence-corrected chi connectivity index (χ3v) is 3.57. The van der Waals surface area contributed by atoms with E-state index in [2.05, 4.69) is 10.3 Å². The van der Waals surface area contributed by atoms with Crippen molar-refractivity contribution in [2.24, 2.45) is 0 Å². The van der Waals surface area contributed by atoms with E-state index in [1.54, 1.807) is 6.92 Å². The summed E-state index contributed by atoms with van der Waals surface area (Å²) in [4.78, 5) is 26.4. The normalized spacial score (nSPS) is 10.7. The van der Waals surface area contributed by atoms with E-state index in [0.717, 1.165) is 11.8 Å². The zero-order valence-corrected chi connectivity index (χ0v) is 14.5. The molecule has 0 saturated carbocycles. The topological polar surface area (TPSA) is 119 Å². The second-order valence-electron chi connectivity index (χ2n) is 5.76. The van der Waals surface area contributed by atoms with Crippen molar-refractivity contribution in [1.82, 2.24) is 5.32 Å². The van der Waals surface area contributed by atoms with Crippen molar-refractivity contribution in [1.29, 1.82) is 5.26 Å². The lowest BCUT2D eigenvalue weighted by molar-refractivity contribution is -0.410. The van der Waals surface area contributed by atoms with E-state index in [-0.39, 0.29) is 40.8 Å². The lowest BCUT2D eigenvalue weighted by Crippen LogP contribution is -2.41. The Morgan fingerprint density at radius 1 is 1.48 bits per heavy atom. The predicted molar refractivity (Wildman–Crippen MR) is 86.7 cm³/mol. The number of thioether (sulfide) groups is 1. The van der Waals surface area contributed by atoms with Crippen LogP contribution in [0, 0.1) is 11.3 Å². The molecule has 0 unspecified atom stereocenters. The minimum Gasteiger partial charge on any atom is -0.462 e. The van der Waals surface area contributed by atoms with Crippen LogP contribution in [0.2, 0.25) is 0 Å². The van der Waals surface area contributed by atoms with E-state index in [1.807, 2.05) is 26.8 Å². The van der Waals surface area contributed by atoms with Crippen LogP contribution in [-0.2, 0) is 9.53 Å². The number of amides is 1. The third-order valence-electron chi connectivity index (χ3n) is 2.55. The maximum atomic E-state index is 11.8. The molecule has 1 aromatic heterocycles. The van der Waals surface area contributed by atoms with Crippen LogP contribution in [0.15, 0.2) is 11.1 Å². The number of carbonyl (C=O) groups excluding carboxylic acids is 2. The summed E-state index contributed by atoms with van der Waals surface area (Å²) >= 11 is 1.15. The summed E-state index contributed by atoms with van der Waals surface area (Å²) < 4.78 is 4.88. The molecule has 8 heteroatoms. The number of rotatable bonds is 5. The SMILES string of the molecule is CCOC(=O)c1cc(C#N)c(SCC(=O)NC(C)(C)C)[nH+]c1N. The van der Waals surface area contributed by atoms with Gasteiger partial charge >= 0.3 is 5.97 Å². The molecule has 7 nitrogen and oxygen atoms in total. The highest BCUT2D eigenvalue weighted by molar-refractivity contribution is 7.99. The van der Waals surface area contributed by atoms with Crippen LogP contribution in [0.1, 0.15) is 43.6 Å². The Hall–Kier alpha value is -2.27. The predicted octanol–water partition coefficient (Wildman–Crippen LogP) is 1.14. The van der Waals surface area contributed by atoms with Gasteiger partial charge in [0.2, 0.25) is 5.91 Å². The van der Waals surface area contributed by atoms with Gasteiger partial charge in [0.15, 0.2) is 5.03 Å². The highest BCUT2D eigenvalue weighted by Gasteiger charge is 2.22. The zero-order chi connectivity index (χ0) is 17.6. The molecule has 0 aromatic carbocycles. The Kier molecular flexibility index (Phi) is 6.39. The average molecular weight is 337 g/mol. The van der Waals surface area contributed by atoms with Crippen LogP contribution in [0.25, 0.3) is 0 Å². The molecule has 0 radical (unpaired) electrons. The number of ether oxygens (including phenoxy) is 1. The summed E-state index contributed by atoms with van der Waals surface area (Å²) in [7, 11) is 0. The Balaban J connectivity index is 2.92. The number of hydrogen-bond donors (Lipinski definition) is 2. The molecular formula is C15H21N4O3S+. The van der Waals surface area contributed by atoms with Crippen LogP contribution in [0.5, 0.6) is 0 Å². The van der Waals surface area contributed by atoms with Crippen LogP contribution in [0.3, 0.4) is 0 Å². The van der Waals surface area contributed by atoms with Gasteiger partial charge in [-0.05, 0) is 33.8 Å². The Labute approximate surface area is 139 Å². The highest BCUT2D eigenvalue weighted by Crippen LogP contribution is 2.21. The number of aromatic amines is 1. The number of nitrogens with zero attached hydrogens (tertiary/aromatic N) is 1. The quantitative estimate of drug-likeness (QED) is 0.614. The smallest absolute Gasteiger partial charge is 0.346 e. The second kappa shape index (κ2) is 7.83. The van der Waals surface area contributed by atoms with Gasteiger partial charge in [0.05, 0.1) is 12.4 Å². The molecule has 1 amide bonds. The van der Waals surface area contributed by atoms with Crippen LogP contribution < -0.4 is 16.0 Å². The standard InChI is InChI=1S/C15H20N4O3S/c1-5-22-14(21)10-6-9(7-16)13(18-12(10)17)23-8-11(20)19-15(2,3)4/h6H,5,8H2,1-4H3,(H2,17,18)(H,19,20)/p+1. The van der Waals surface area contributed by atoms with Crippen molar-refractivity contribution < 1.29 is 19.3 Å². The number of carbonyl (C=O) groups is 2. The van der Waals surface area contributed by atoms with Crippen molar-refractivity contribution in [3.05, 3.63) is 17.2 Å². The fourth-order valence-electron chi connectivity index (χ4n) is 1.71. The van der Waals surface area contributed by atoms with Gasteiger partial charge in [0.25, 0.3) is 5.82 Å². The van der Waals surface area contributed by atoms with Crippen molar-refractivity contribution in [3.63, 3.8) is 0 Å². The van der Waals surface area contributed by atoms with Crippen molar-refractivity contribution >= 4 is 29.5 Å². The van der Waals surface area contributed by atoms with Gasteiger partial charge in [0.1, 0.15) is 17.2 Å². The van der Waals surface area contributed by atoms with Crippen molar-refractivity contribution in [2.75, 3.05) is 18.1 Å². The molecule has 0 atom stereocenters. The minimum absolute atomic E-state index is 0.0983. The first kappa shape index (κ1) is 18.8. The summed E-state index contributed by atoms with van der Waals surface area (Å²) in [6.07, 6.45) is 0. The first-order chi connectivity index (χ1) is 10.7. The van der Waals surface area contributed by atoms with E-state index >= 15 is 0 Å². The molecule has 0 aliphatic rings. The van der Waals surface area contributed by atoms with E-state index in [1.165, 1.54) is 6.07 Å². The summed E-state index contributed by atoms with van der Waals surface area (Å²) in [5, 5.41) is 12.5. The second-order valence-corrected chi connectivity index (χ2v) is 6.74. The number of hydrogen-bond acceptors (Lipinski definition) is 6. The van der Waals surface area contributed by atoms with Gasteiger partial charge in [-0.3, -0.25) is 10.5 Å². The summed E-state index contributed by atoms with van der Waals surface area (Å²) in [5.41, 5.74) is 5.81. The Morgan fingerprint density at radius 2 is 2.13 bits per heavy atom. The van der Waals surface area contributed by atoms with Gasteiger partial charge in [-0.2, -0.15) is 5.26 Å². The molecule has 0 fully saturated rings. The van der Waals surface area contributed by atoms with E-state index in [9.17, 15) is 14.9 Å². The number of H-pyrrole nitrogens is 1. The first-order valence-corrected chi connectivity index (χ1v) is 8.03. The number of anilines is 1. The van der Waals surface area contributed by atoms with Gasteiger partial charge in [-0.25, -0.2) is 9.78 Å². The molecule has 1 aromatic rings. The molecule has 0 saturated heterocycles. The molecule has 0 aliphatic carbocycles. The molecule has 0 spiro atoms. The van der Waals surface area contributed by atoms with E-state index < -0.39 is 5.97 Å². The molecular weight excluding hydrogens is 316 g/mol. The molecule has 124 valence electrons. The molecule has 1 rings (SSSR count). The Morgan fingerprint density at radius 3 is 2.65 bits per heavy atom. The lowest BCUT2D eigenvalue weighted by atomic mass is 10.1. The van der Waals surface area contributed by atoms with Gasteiger partial charge < -0.3 is 10.1 Å². The fraction of sp³-hybridized carbons (Fsp3) is 0.467. The maximum absolute atomic E-state index is 11.8. The van der Waals surface area contributed by atoms with E-state index in [0.29, 0.717) is 5.03 Å². The molecule has 4 N–H and O–H groups in total. The number of esters is 1. The molecule has 1 heterocycles. The van der Waals surface area contributed by atoms with Crippen molar-refractivity contribution in [3.8, 4) is 6.07 Å². The zero-order valence-electron chi connectivity index (χ0n) is 13.6. The number of nitriles is 1. The first-order valence-electron chi connectivity index (χ1n) is 7.04. The number of pyridine rings is 1. The number of aromatic nitrogens is 1. The van der Waals surface area contributed by atoms with Gasteiger partial charge in [-0.15, -0.1) is 0 Å². The summed E-state index contributed by atoms with van der Waals surface area (Å²) in [6.45, 7) is 7.54. The minimum atomic E-state index is -0.597. The Bertz CT molecular complexity index is 647. The molecule has 0 aliphatic heterocycles. The van der Waals surface area contributed by atoms with Gasteiger partial charge in [0, 0.05) is 5.54 Å². The average Bonchev–Trinajstić information content (AvgIpc) is 2.43. The summed E-state index contributed by atoms with van der Waals surface area (Å²) in [5.74, 6) is -0.533. The van der Waals surface area contributed by atoms with Gasteiger partial charge in [-0.1, -0.05) is 11.8 Å². The summed E-state index contributed by atoms with van der Waals surface area (Å²) in [6, 6.07) is 3.35. The third kappa shape index (κ3) is 5.79. The van der Waals surface area contributed by atoms with Crippen LogP contribution >= 0.6 is 11.8 Å². The largest absolute Gasteiger partial charge is 0.462 e. The fourth-order valence-corrected chi connectivity index (χ4v) is 2.50. The number of nitrogens with two attached hydrogens (primary N) is 1. The molecule has 0 bridgehead atoms. The molecule has 23 heavy (non-hydrogen) atoms. The van der Waals surface area contributed by atoms with Crippen molar-refractivity contribution in [2.45, 2.75) is 38.3 Å². The maximum Gasteiger partial charge on any atom is 0.346 e.